The Kier molecular flexibility index (Phi) is 5.45. The van der Waals surface area contributed by atoms with Crippen LogP contribution < -0.4 is 5.32 Å². The molecule has 0 saturated carbocycles. The predicted octanol–water partition coefficient (Wildman–Crippen LogP) is 1.64. The topological polar surface area (TPSA) is 18.5 Å². The lowest BCUT2D eigenvalue weighted by Crippen LogP contribution is -2.36. The summed E-state index contributed by atoms with van der Waals surface area (Å²) in [5, 5.41) is 4.38. The van der Waals surface area contributed by atoms with Crippen LogP contribution in [0.5, 0.6) is 0 Å². The predicted molar refractivity (Wildman–Crippen MR) is 84.0 cm³/mol. The lowest BCUT2D eigenvalue weighted by molar-refractivity contribution is 0.236. The molecule has 0 spiro atoms. The molecule has 1 N–H and O–H groups in total. The van der Waals surface area contributed by atoms with Crippen LogP contribution in [-0.4, -0.2) is 72.7 Å². The highest BCUT2D eigenvalue weighted by Crippen LogP contribution is 2.23. The summed E-state index contributed by atoms with van der Waals surface area (Å²) >= 11 is 2.22. The first-order chi connectivity index (χ1) is 9.42. The summed E-state index contributed by atoms with van der Waals surface area (Å²) in [5.41, 5.74) is 0. The molecule has 0 amide bonds. The Morgan fingerprint density at radius 3 is 2.58 bits per heavy atom. The standard InChI is InChI=1S/C15H29N3S/c1-2-9-18(8-1)14-5-10-17(13-14)11-12-19-15-3-6-16-7-4-15/h14-16H,1-13H2. The minimum Gasteiger partial charge on any atom is -0.317 e. The zero-order valence-electron chi connectivity index (χ0n) is 12.1. The van der Waals surface area contributed by atoms with Crippen molar-refractivity contribution in [2.75, 3.05) is 51.6 Å². The lowest BCUT2D eigenvalue weighted by atomic mass is 10.2. The van der Waals surface area contributed by atoms with Crippen molar-refractivity contribution < 1.29 is 0 Å². The Morgan fingerprint density at radius 1 is 1.00 bits per heavy atom. The van der Waals surface area contributed by atoms with E-state index in [0.717, 1.165) is 11.3 Å². The van der Waals surface area contributed by atoms with E-state index in [2.05, 4.69) is 26.9 Å². The zero-order valence-corrected chi connectivity index (χ0v) is 13.0. The fourth-order valence-electron chi connectivity index (χ4n) is 3.73. The molecule has 3 aliphatic rings. The fraction of sp³-hybridized carbons (Fsp3) is 1.00. The van der Waals surface area contributed by atoms with Gasteiger partial charge in [0.15, 0.2) is 0 Å². The average molecular weight is 283 g/mol. The van der Waals surface area contributed by atoms with Crippen molar-refractivity contribution in [2.24, 2.45) is 0 Å². The Morgan fingerprint density at radius 2 is 1.79 bits per heavy atom. The van der Waals surface area contributed by atoms with E-state index in [9.17, 15) is 0 Å². The summed E-state index contributed by atoms with van der Waals surface area (Å²) in [6.07, 6.45) is 7.03. The fourth-order valence-corrected chi connectivity index (χ4v) is 5.00. The molecule has 0 aromatic heterocycles. The summed E-state index contributed by atoms with van der Waals surface area (Å²) in [5.74, 6) is 1.34. The molecular weight excluding hydrogens is 254 g/mol. The molecule has 0 radical (unpaired) electrons. The Balaban J connectivity index is 1.30. The SMILES string of the molecule is C1CCN(C2CCN(CCSC3CCNCC3)C2)C1. The van der Waals surface area contributed by atoms with E-state index in [-0.39, 0.29) is 0 Å². The van der Waals surface area contributed by atoms with E-state index in [1.165, 1.54) is 83.7 Å². The van der Waals surface area contributed by atoms with Crippen molar-refractivity contribution in [3.63, 3.8) is 0 Å². The molecule has 110 valence electrons. The molecule has 0 aromatic carbocycles. The van der Waals surface area contributed by atoms with Crippen LogP contribution in [0.25, 0.3) is 0 Å². The first-order valence-corrected chi connectivity index (χ1v) is 9.25. The second kappa shape index (κ2) is 7.30. The molecule has 0 bridgehead atoms. The number of nitrogens with zero attached hydrogens (tertiary/aromatic N) is 2. The maximum Gasteiger partial charge on any atom is 0.0235 e. The minimum atomic E-state index is 0.881. The van der Waals surface area contributed by atoms with Gasteiger partial charge < -0.3 is 10.2 Å². The van der Waals surface area contributed by atoms with Crippen LogP contribution in [0.15, 0.2) is 0 Å². The van der Waals surface area contributed by atoms with E-state index in [0.29, 0.717) is 0 Å². The second-order valence-electron chi connectivity index (χ2n) is 6.31. The molecule has 3 rings (SSSR count). The number of likely N-dealkylation sites (tertiary alicyclic amines) is 2. The van der Waals surface area contributed by atoms with E-state index >= 15 is 0 Å². The van der Waals surface area contributed by atoms with Crippen LogP contribution in [0.1, 0.15) is 32.1 Å². The summed E-state index contributed by atoms with van der Waals surface area (Å²) < 4.78 is 0. The largest absolute Gasteiger partial charge is 0.317 e. The van der Waals surface area contributed by atoms with Gasteiger partial charge in [-0.1, -0.05) is 0 Å². The molecule has 0 aromatic rings. The molecule has 19 heavy (non-hydrogen) atoms. The third kappa shape index (κ3) is 4.10. The van der Waals surface area contributed by atoms with Gasteiger partial charge in [0.25, 0.3) is 0 Å². The number of rotatable bonds is 5. The smallest absolute Gasteiger partial charge is 0.0235 e. The van der Waals surface area contributed by atoms with Gasteiger partial charge in [0.05, 0.1) is 0 Å². The Bertz CT molecular complexity index is 262. The summed E-state index contributed by atoms with van der Waals surface area (Å²) in [6, 6.07) is 0.881. The van der Waals surface area contributed by atoms with Gasteiger partial charge in [-0.25, -0.2) is 0 Å². The number of thioether (sulfide) groups is 1. The van der Waals surface area contributed by atoms with Crippen molar-refractivity contribution >= 4 is 11.8 Å². The van der Waals surface area contributed by atoms with Crippen molar-refractivity contribution in [1.29, 1.82) is 0 Å². The van der Waals surface area contributed by atoms with E-state index in [4.69, 9.17) is 0 Å². The Hall–Kier alpha value is 0.230. The highest BCUT2D eigenvalue weighted by molar-refractivity contribution is 7.99. The van der Waals surface area contributed by atoms with Gasteiger partial charge in [0.2, 0.25) is 0 Å². The number of hydrogen-bond acceptors (Lipinski definition) is 4. The summed E-state index contributed by atoms with van der Waals surface area (Å²) in [4.78, 5) is 5.44. The van der Waals surface area contributed by atoms with Gasteiger partial charge in [-0.05, 0) is 64.8 Å². The average Bonchev–Trinajstić information content (AvgIpc) is 3.10. The van der Waals surface area contributed by atoms with Gasteiger partial charge in [-0.2, -0.15) is 11.8 Å². The van der Waals surface area contributed by atoms with Crippen molar-refractivity contribution in [3.8, 4) is 0 Å². The quantitative estimate of drug-likeness (QED) is 0.826. The normalized spacial score (nSPS) is 31.3. The third-order valence-electron chi connectivity index (χ3n) is 4.95. The Labute approximate surface area is 122 Å². The second-order valence-corrected chi connectivity index (χ2v) is 7.71. The van der Waals surface area contributed by atoms with Crippen LogP contribution in [0.2, 0.25) is 0 Å². The minimum absolute atomic E-state index is 0.881. The summed E-state index contributed by atoms with van der Waals surface area (Å²) in [7, 11) is 0. The van der Waals surface area contributed by atoms with Crippen LogP contribution in [0.3, 0.4) is 0 Å². The molecular formula is C15H29N3S. The van der Waals surface area contributed by atoms with Gasteiger partial charge in [0.1, 0.15) is 0 Å². The van der Waals surface area contributed by atoms with Crippen LogP contribution >= 0.6 is 11.8 Å². The van der Waals surface area contributed by atoms with E-state index in [1.54, 1.807) is 0 Å². The lowest BCUT2D eigenvalue weighted by Gasteiger charge is -2.25. The highest BCUT2D eigenvalue weighted by atomic mass is 32.2. The molecule has 1 atom stereocenters. The molecule has 3 nitrogen and oxygen atoms in total. The monoisotopic (exact) mass is 283 g/mol. The van der Waals surface area contributed by atoms with Gasteiger partial charge in [-0.15, -0.1) is 0 Å². The van der Waals surface area contributed by atoms with Crippen molar-refractivity contribution in [3.05, 3.63) is 0 Å². The first kappa shape index (κ1) is 14.2. The van der Waals surface area contributed by atoms with Crippen LogP contribution in [0.4, 0.5) is 0 Å². The van der Waals surface area contributed by atoms with Gasteiger partial charge >= 0.3 is 0 Å². The maximum absolute atomic E-state index is 3.45. The van der Waals surface area contributed by atoms with Crippen molar-refractivity contribution in [1.82, 2.24) is 15.1 Å². The molecule has 3 saturated heterocycles. The molecule has 1 unspecified atom stereocenters. The highest BCUT2D eigenvalue weighted by Gasteiger charge is 2.28. The molecule has 3 aliphatic heterocycles. The first-order valence-electron chi connectivity index (χ1n) is 8.20. The maximum atomic E-state index is 3.45. The van der Waals surface area contributed by atoms with Crippen molar-refractivity contribution in [2.45, 2.75) is 43.4 Å². The van der Waals surface area contributed by atoms with Gasteiger partial charge in [-0.3, -0.25) is 4.90 Å². The van der Waals surface area contributed by atoms with E-state index in [1.807, 2.05) is 0 Å². The number of nitrogens with one attached hydrogen (secondary N) is 1. The van der Waals surface area contributed by atoms with Crippen LogP contribution in [-0.2, 0) is 0 Å². The number of piperidine rings is 1. The zero-order chi connectivity index (χ0) is 12.9. The van der Waals surface area contributed by atoms with E-state index < -0.39 is 0 Å². The molecule has 4 heteroatoms. The molecule has 3 fully saturated rings. The summed E-state index contributed by atoms with van der Waals surface area (Å²) in [6.45, 7) is 9.20. The van der Waals surface area contributed by atoms with Gasteiger partial charge in [0, 0.05) is 30.1 Å². The van der Waals surface area contributed by atoms with Crippen LogP contribution in [0, 0.1) is 0 Å². The number of hydrogen-bond donors (Lipinski definition) is 1. The molecule has 3 heterocycles. The third-order valence-corrected chi connectivity index (χ3v) is 6.31. The molecule has 0 aliphatic carbocycles.